The van der Waals surface area contributed by atoms with E-state index in [-0.39, 0.29) is 5.91 Å². The molecule has 23 heavy (non-hydrogen) atoms. The van der Waals surface area contributed by atoms with Crippen LogP contribution < -0.4 is 5.84 Å². The molecule has 122 valence electrons. The third-order valence-electron chi connectivity index (χ3n) is 3.78. The predicted molar refractivity (Wildman–Crippen MR) is 91.8 cm³/mol. The summed E-state index contributed by atoms with van der Waals surface area (Å²) in [5, 5.41) is 9.31. The molecular formula is C15H18ClN5OS. The molecule has 0 unspecified atom stereocenters. The molecular weight excluding hydrogens is 334 g/mol. The monoisotopic (exact) mass is 351 g/mol. The van der Waals surface area contributed by atoms with Gasteiger partial charge in [0.05, 0.1) is 5.75 Å². The number of nitrogens with two attached hydrogens (primary N) is 1. The second-order valence-corrected chi connectivity index (χ2v) is 6.80. The van der Waals surface area contributed by atoms with Crippen LogP contribution in [0.1, 0.15) is 19.3 Å². The van der Waals surface area contributed by atoms with Crippen molar-refractivity contribution in [1.82, 2.24) is 19.8 Å². The molecule has 8 heteroatoms. The number of nitrogens with zero attached hydrogens (tertiary/aromatic N) is 4. The molecule has 0 atom stereocenters. The number of piperidine rings is 1. The summed E-state index contributed by atoms with van der Waals surface area (Å²) in [7, 11) is 0. The Labute approximate surface area is 144 Å². The first-order valence-electron chi connectivity index (χ1n) is 7.52. The van der Waals surface area contributed by atoms with Gasteiger partial charge < -0.3 is 10.7 Å². The van der Waals surface area contributed by atoms with E-state index in [0.29, 0.717) is 21.8 Å². The molecule has 1 saturated heterocycles. The average Bonchev–Trinajstić information content (AvgIpc) is 2.94. The number of halogens is 1. The van der Waals surface area contributed by atoms with Crippen LogP contribution in [0.25, 0.3) is 11.4 Å². The molecule has 1 aromatic heterocycles. The van der Waals surface area contributed by atoms with Crippen LogP contribution in [-0.2, 0) is 4.79 Å². The molecule has 0 saturated carbocycles. The van der Waals surface area contributed by atoms with E-state index in [4.69, 9.17) is 17.4 Å². The summed E-state index contributed by atoms with van der Waals surface area (Å²) < 4.78 is 1.40. The van der Waals surface area contributed by atoms with Crippen molar-refractivity contribution in [1.29, 1.82) is 0 Å². The molecule has 1 aliphatic heterocycles. The summed E-state index contributed by atoms with van der Waals surface area (Å²) in [5.74, 6) is 7.03. The Morgan fingerprint density at radius 3 is 2.78 bits per heavy atom. The Bertz CT molecular complexity index is 699. The summed E-state index contributed by atoms with van der Waals surface area (Å²) in [6, 6.07) is 7.27. The first kappa shape index (κ1) is 16.1. The first-order chi connectivity index (χ1) is 11.1. The predicted octanol–water partition coefficient (Wildman–Crippen LogP) is 2.42. The van der Waals surface area contributed by atoms with Crippen LogP contribution in [0.15, 0.2) is 29.4 Å². The molecule has 3 rings (SSSR count). The number of amides is 1. The molecule has 1 amide bonds. The van der Waals surface area contributed by atoms with Gasteiger partial charge in [0.15, 0.2) is 5.82 Å². The van der Waals surface area contributed by atoms with Crippen molar-refractivity contribution in [3.05, 3.63) is 29.3 Å². The molecule has 6 nitrogen and oxygen atoms in total. The summed E-state index contributed by atoms with van der Waals surface area (Å²) in [6.45, 7) is 1.70. The number of aromatic nitrogens is 3. The molecule has 1 aromatic carbocycles. The van der Waals surface area contributed by atoms with E-state index in [1.807, 2.05) is 17.0 Å². The molecule has 1 aliphatic rings. The quantitative estimate of drug-likeness (QED) is 0.676. The van der Waals surface area contributed by atoms with Gasteiger partial charge in [-0.3, -0.25) is 4.79 Å². The van der Waals surface area contributed by atoms with Gasteiger partial charge in [0.25, 0.3) is 0 Å². The summed E-state index contributed by atoms with van der Waals surface area (Å²) in [5.41, 5.74) is 0.793. The standard InChI is InChI=1S/C15H18ClN5OS/c16-12-6-4-5-11(9-12)14-18-19-15(21(14)17)23-10-13(22)20-7-2-1-3-8-20/h4-6,9H,1-3,7-8,10,17H2. The third-order valence-corrected chi connectivity index (χ3v) is 4.94. The largest absolute Gasteiger partial charge is 0.342 e. The van der Waals surface area contributed by atoms with E-state index in [1.54, 1.807) is 12.1 Å². The second kappa shape index (κ2) is 7.23. The van der Waals surface area contributed by atoms with Crippen molar-refractivity contribution in [2.45, 2.75) is 24.4 Å². The molecule has 0 spiro atoms. The molecule has 2 aromatic rings. The minimum Gasteiger partial charge on any atom is -0.342 e. The van der Waals surface area contributed by atoms with Gasteiger partial charge in [0, 0.05) is 23.7 Å². The highest BCUT2D eigenvalue weighted by Gasteiger charge is 2.19. The van der Waals surface area contributed by atoms with Crippen LogP contribution in [0.2, 0.25) is 5.02 Å². The number of nitrogen functional groups attached to an aromatic ring is 1. The Morgan fingerprint density at radius 2 is 2.04 bits per heavy atom. The Hall–Kier alpha value is -1.73. The lowest BCUT2D eigenvalue weighted by Gasteiger charge is -2.26. The zero-order valence-corrected chi connectivity index (χ0v) is 14.2. The van der Waals surface area contributed by atoms with E-state index in [1.165, 1.54) is 22.9 Å². The van der Waals surface area contributed by atoms with Crippen molar-refractivity contribution in [3.8, 4) is 11.4 Å². The van der Waals surface area contributed by atoms with Gasteiger partial charge in [-0.2, -0.15) is 0 Å². The van der Waals surface area contributed by atoms with Crippen LogP contribution in [0.3, 0.4) is 0 Å². The number of hydrogen-bond acceptors (Lipinski definition) is 5. The van der Waals surface area contributed by atoms with E-state index in [2.05, 4.69) is 10.2 Å². The highest BCUT2D eigenvalue weighted by atomic mass is 35.5. The smallest absolute Gasteiger partial charge is 0.233 e. The highest BCUT2D eigenvalue weighted by Crippen LogP contribution is 2.24. The van der Waals surface area contributed by atoms with Crippen molar-refractivity contribution >= 4 is 29.3 Å². The Kier molecular flexibility index (Phi) is 5.07. The molecule has 1 fully saturated rings. The maximum Gasteiger partial charge on any atom is 0.233 e. The van der Waals surface area contributed by atoms with Gasteiger partial charge in [-0.15, -0.1) is 10.2 Å². The molecule has 0 aliphatic carbocycles. The number of thioether (sulfide) groups is 1. The lowest BCUT2D eigenvalue weighted by molar-refractivity contribution is -0.129. The fraction of sp³-hybridized carbons (Fsp3) is 0.400. The van der Waals surface area contributed by atoms with E-state index in [0.717, 1.165) is 31.5 Å². The minimum atomic E-state index is 0.127. The number of carbonyl (C=O) groups excluding carboxylic acids is 1. The van der Waals surface area contributed by atoms with Crippen LogP contribution in [0.4, 0.5) is 0 Å². The minimum absolute atomic E-state index is 0.127. The molecule has 0 bridgehead atoms. The van der Waals surface area contributed by atoms with Crippen LogP contribution in [0, 0.1) is 0 Å². The van der Waals surface area contributed by atoms with E-state index in [9.17, 15) is 4.79 Å². The number of benzene rings is 1. The van der Waals surface area contributed by atoms with Gasteiger partial charge >= 0.3 is 0 Å². The zero-order chi connectivity index (χ0) is 16.2. The lowest BCUT2D eigenvalue weighted by Crippen LogP contribution is -2.36. The summed E-state index contributed by atoms with van der Waals surface area (Å²) in [4.78, 5) is 14.1. The number of likely N-dealkylation sites (tertiary alicyclic amines) is 1. The maximum absolute atomic E-state index is 12.2. The van der Waals surface area contributed by atoms with E-state index < -0.39 is 0 Å². The van der Waals surface area contributed by atoms with Crippen molar-refractivity contribution < 1.29 is 4.79 Å². The Balaban J connectivity index is 1.66. The van der Waals surface area contributed by atoms with Crippen LogP contribution in [-0.4, -0.2) is 44.5 Å². The average molecular weight is 352 g/mol. The SMILES string of the molecule is Nn1c(SCC(=O)N2CCCCC2)nnc1-c1cccc(Cl)c1. The molecule has 2 heterocycles. The van der Waals surface area contributed by atoms with E-state index >= 15 is 0 Å². The number of rotatable bonds is 4. The van der Waals surface area contributed by atoms with Crippen molar-refractivity contribution in [2.24, 2.45) is 0 Å². The van der Waals surface area contributed by atoms with Crippen LogP contribution >= 0.6 is 23.4 Å². The van der Waals surface area contributed by atoms with Crippen LogP contribution in [0.5, 0.6) is 0 Å². The number of hydrogen-bond donors (Lipinski definition) is 1. The van der Waals surface area contributed by atoms with Gasteiger partial charge in [0.1, 0.15) is 0 Å². The van der Waals surface area contributed by atoms with Gasteiger partial charge in [-0.25, -0.2) is 4.68 Å². The topological polar surface area (TPSA) is 77.0 Å². The fourth-order valence-corrected chi connectivity index (χ4v) is 3.51. The van der Waals surface area contributed by atoms with Crippen molar-refractivity contribution in [3.63, 3.8) is 0 Å². The van der Waals surface area contributed by atoms with Gasteiger partial charge in [-0.1, -0.05) is 35.5 Å². The highest BCUT2D eigenvalue weighted by molar-refractivity contribution is 7.99. The zero-order valence-electron chi connectivity index (χ0n) is 12.6. The van der Waals surface area contributed by atoms with Gasteiger partial charge in [-0.05, 0) is 31.4 Å². The van der Waals surface area contributed by atoms with Crippen molar-refractivity contribution in [2.75, 3.05) is 24.7 Å². The first-order valence-corrected chi connectivity index (χ1v) is 8.88. The molecule has 0 radical (unpaired) electrons. The Morgan fingerprint density at radius 1 is 1.26 bits per heavy atom. The second-order valence-electron chi connectivity index (χ2n) is 5.42. The maximum atomic E-state index is 12.2. The summed E-state index contributed by atoms with van der Waals surface area (Å²) >= 11 is 7.30. The number of carbonyl (C=O) groups is 1. The lowest BCUT2D eigenvalue weighted by atomic mass is 10.1. The molecule has 2 N–H and O–H groups in total. The summed E-state index contributed by atoms with van der Waals surface area (Å²) in [6.07, 6.45) is 3.38. The normalized spacial score (nSPS) is 14.9. The fourth-order valence-electron chi connectivity index (χ4n) is 2.56. The third kappa shape index (κ3) is 3.79. The van der Waals surface area contributed by atoms with Gasteiger partial charge in [0.2, 0.25) is 11.1 Å².